The number of nitrogens with zero attached hydrogens (tertiary/aromatic N) is 2. The molecule has 2 aliphatic heterocycles. The van der Waals surface area contributed by atoms with Crippen molar-refractivity contribution in [2.75, 3.05) is 33.2 Å². The summed E-state index contributed by atoms with van der Waals surface area (Å²) in [6.07, 6.45) is 0. The first-order valence-electron chi connectivity index (χ1n) is 4.02. The quantitative estimate of drug-likeness (QED) is 0.555. The fourth-order valence-electron chi connectivity index (χ4n) is 2.34. The smallest absolute Gasteiger partial charge is 0.00184 e. The summed E-state index contributed by atoms with van der Waals surface area (Å²) in [6, 6.07) is 0. The second-order valence-electron chi connectivity index (χ2n) is 4.11. The molecule has 0 bridgehead atoms. The Kier molecular flexibility index (Phi) is 2.70. The second kappa shape index (κ2) is 3.10. The Morgan fingerprint density at radius 3 is 2.91 bits per heavy atom. The van der Waals surface area contributed by atoms with Gasteiger partial charge >= 0.3 is 0 Å². The molecule has 0 saturated carbocycles. The van der Waals surface area contributed by atoms with Crippen LogP contribution in [0.4, 0.5) is 0 Å². The van der Waals surface area contributed by atoms with Crippen LogP contribution in [0.5, 0.6) is 0 Å². The zero-order valence-electron chi connectivity index (χ0n) is 7.25. The Labute approximate surface area is 80.6 Å². The summed E-state index contributed by atoms with van der Waals surface area (Å²) in [7, 11) is 2.21. The molecule has 1 unspecified atom stereocenters. The molecule has 0 aromatic heterocycles. The molecular weight excluding hydrogens is 175 g/mol. The molecule has 2 rings (SSSR count). The van der Waals surface area contributed by atoms with Gasteiger partial charge in [-0.3, -0.25) is 0 Å². The minimum Gasteiger partial charge on any atom is -0.662 e. The Bertz CT molecular complexity index is 151. The second-order valence-corrected chi connectivity index (χ2v) is 4.11. The third-order valence-corrected chi connectivity index (χ3v) is 2.97. The number of hydrogen-bond acceptors (Lipinski definition) is 1. The van der Waals surface area contributed by atoms with E-state index < -0.39 is 0 Å². The largest absolute Gasteiger partial charge is 0.662 e. The molecule has 2 heterocycles. The zero-order valence-corrected chi connectivity index (χ0v) is 8.64. The van der Waals surface area contributed by atoms with Crippen molar-refractivity contribution in [1.29, 1.82) is 0 Å². The SMILES string of the molecule is CN1C[C@H]2C[N-]CC2(C)C1.[V]. The van der Waals surface area contributed by atoms with Gasteiger partial charge in [-0.1, -0.05) is 6.92 Å². The van der Waals surface area contributed by atoms with Gasteiger partial charge in [0, 0.05) is 25.1 Å². The van der Waals surface area contributed by atoms with Gasteiger partial charge in [0.15, 0.2) is 0 Å². The predicted octanol–water partition coefficient (Wildman–Crippen LogP) is 0.939. The van der Waals surface area contributed by atoms with Crippen LogP contribution in [0.2, 0.25) is 0 Å². The van der Waals surface area contributed by atoms with Crippen molar-refractivity contribution in [3.8, 4) is 0 Å². The molecule has 2 fully saturated rings. The van der Waals surface area contributed by atoms with Crippen molar-refractivity contribution in [2.24, 2.45) is 11.3 Å². The van der Waals surface area contributed by atoms with Gasteiger partial charge in [-0.2, -0.15) is 0 Å². The Balaban J connectivity index is 0.000000605. The van der Waals surface area contributed by atoms with Gasteiger partial charge in [-0.25, -0.2) is 0 Å². The average Bonchev–Trinajstić information content (AvgIpc) is 2.20. The van der Waals surface area contributed by atoms with E-state index in [1.165, 1.54) is 13.1 Å². The van der Waals surface area contributed by atoms with Crippen molar-refractivity contribution in [1.82, 2.24) is 4.90 Å². The van der Waals surface area contributed by atoms with E-state index in [0.717, 1.165) is 19.0 Å². The molecule has 2 nitrogen and oxygen atoms in total. The van der Waals surface area contributed by atoms with E-state index >= 15 is 0 Å². The van der Waals surface area contributed by atoms with Crippen molar-refractivity contribution in [3.63, 3.8) is 0 Å². The van der Waals surface area contributed by atoms with E-state index in [-0.39, 0.29) is 18.6 Å². The fraction of sp³-hybridized carbons (Fsp3) is 1.00. The molecule has 2 aliphatic rings. The molecule has 2 atom stereocenters. The van der Waals surface area contributed by atoms with Crippen LogP contribution < -0.4 is 0 Å². The molecule has 0 aromatic rings. The minimum atomic E-state index is 0. The maximum absolute atomic E-state index is 4.45. The summed E-state index contributed by atoms with van der Waals surface area (Å²) in [4.78, 5) is 2.43. The normalized spacial score (nSPS) is 43.6. The van der Waals surface area contributed by atoms with E-state index in [9.17, 15) is 0 Å². The monoisotopic (exact) mass is 190 g/mol. The molecule has 3 heteroatoms. The van der Waals surface area contributed by atoms with E-state index in [4.69, 9.17) is 0 Å². The molecule has 11 heavy (non-hydrogen) atoms. The van der Waals surface area contributed by atoms with Crippen molar-refractivity contribution < 1.29 is 18.6 Å². The van der Waals surface area contributed by atoms with Gasteiger partial charge in [-0.15, -0.1) is 13.1 Å². The first kappa shape index (κ1) is 9.59. The standard InChI is InChI=1S/C8H15N2.V/c1-8-5-9-3-7(8)4-10(2)6-8;/h7H,3-6H2,1-2H3;/q-1;/t7-,8?;/m1./s1. The summed E-state index contributed by atoms with van der Waals surface area (Å²) < 4.78 is 0. The molecular formula is C8H15N2V-. The van der Waals surface area contributed by atoms with Crippen LogP contribution in [0.15, 0.2) is 0 Å². The van der Waals surface area contributed by atoms with Gasteiger partial charge < -0.3 is 10.2 Å². The van der Waals surface area contributed by atoms with Crippen molar-refractivity contribution in [3.05, 3.63) is 5.32 Å². The predicted molar refractivity (Wildman–Crippen MR) is 42.2 cm³/mol. The van der Waals surface area contributed by atoms with E-state index in [1.807, 2.05) is 0 Å². The van der Waals surface area contributed by atoms with Gasteiger partial charge in [0.2, 0.25) is 0 Å². The van der Waals surface area contributed by atoms with E-state index in [1.54, 1.807) is 0 Å². The number of likely N-dealkylation sites (tertiary alicyclic amines) is 1. The first-order valence-corrected chi connectivity index (χ1v) is 4.02. The topological polar surface area (TPSA) is 17.3 Å². The van der Waals surface area contributed by atoms with Crippen LogP contribution in [0.3, 0.4) is 0 Å². The number of hydrogen-bond donors (Lipinski definition) is 0. The van der Waals surface area contributed by atoms with Crippen LogP contribution in [-0.4, -0.2) is 38.1 Å². The van der Waals surface area contributed by atoms with E-state index in [2.05, 4.69) is 24.2 Å². The summed E-state index contributed by atoms with van der Waals surface area (Å²) in [5, 5.41) is 4.45. The molecule has 1 radical (unpaired) electrons. The third-order valence-electron chi connectivity index (χ3n) is 2.97. The first-order chi connectivity index (χ1) is 4.71. The molecule has 0 amide bonds. The van der Waals surface area contributed by atoms with Crippen LogP contribution in [0.25, 0.3) is 5.32 Å². The summed E-state index contributed by atoms with van der Waals surface area (Å²) in [5.74, 6) is 0.859. The fourth-order valence-corrected chi connectivity index (χ4v) is 2.34. The molecule has 0 aliphatic carbocycles. The van der Waals surface area contributed by atoms with Gasteiger partial charge in [0.05, 0.1) is 0 Å². The van der Waals surface area contributed by atoms with E-state index in [0.29, 0.717) is 5.41 Å². The van der Waals surface area contributed by atoms with Crippen LogP contribution in [0.1, 0.15) is 6.92 Å². The van der Waals surface area contributed by atoms with Crippen molar-refractivity contribution >= 4 is 0 Å². The summed E-state index contributed by atoms with van der Waals surface area (Å²) in [5.41, 5.74) is 0.536. The Morgan fingerprint density at radius 1 is 1.55 bits per heavy atom. The van der Waals surface area contributed by atoms with Crippen LogP contribution >= 0.6 is 0 Å². The molecule has 63 valence electrons. The van der Waals surface area contributed by atoms with Gasteiger partial charge in [-0.05, 0) is 24.9 Å². The summed E-state index contributed by atoms with van der Waals surface area (Å²) >= 11 is 0. The molecule has 0 spiro atoms. The Hall–Kier alpha value is 0.504. The van der Waals surface area contributed by atoms with Gasteiger partial charge in [0.1, 0.15) is 0 Å². The van der Waals surface area contributed by atoms with Crippen molar-refractivity contribution in [2.45, 2.75) is 6.92 Å². The Morgan fingerprint density at radius 2 is 2.27 bits per heavy atom. The molecule has 0 N–H and O–H groups in total. The number of rotatable bonds is 0. The zero-order chi connectivity index (χ0) is 7.19. The average molecular weight is 190 g/mol. The third kappa shape index (κ3) is 1.50. The maximum Gasteiger partial charge on any atom is 0.00184 e. The molecule has 2 saturated heterocycles. The van der Waals surface area contributed by atoms with Crippen LogP contribution in [0, 0.1) is 11.3 Å². The summed E-state index contributed by atoms with van der Waals surface area (Å²) in [6.45, 7) is 7.10. The number of fused-ring (bicyclic) bond motifs is 1. The van der Waals surface area contributed by atoms with Crippen LogP contribution in [-0.2, 0) is 18.6 Å². The minimum absolute atomic E-state index is 0. The molecule has 0 aromatic carbocycles. The van der Waals surface area contributed by atoms with Gasteiger partial charge in [0.25, 0.3) is 0 Å². The maximum atomic E-state index is 4.45.